The van der Waals surface area contributed by atoms with E-state index in [-0.39, 0.29) is 5.91 Å². The maximum atomic E-state index is 11.9. The van der Waals surface area contributed by atoms with Gasteiger partial charge in [-0.15, -0.1) is 11.3 Å². The third kappa shape index (κ3) is 3.79. The lowest BCUT2D eigenvalue weighted by Crippen LogP contribution is -2.25. The SMILES string of the molecule is CN(C)c1ccc(C(=O)NCCc2cncs2)cc1. The molecule has 1 N–H and O–H groups in total. The first-order chi connectivity index (χ1) is 9.16. The molecule has 19 heavy (non-hydrogen) atoms. The second-order valence-electron chi connectivity index (χ2n) is 4.41. The monoisotopic (exact) mass is 275 g/mol. The summed E-state index contributed by atoms with van der Waals surface area (Å²) in [6.45, 7) is 0.635. The molecule has 1 aromatic carbocycles. The summed E-state index contributed by atoms with van der Waals surface area (Å²) in [6.07, 6.45) is 2.66. The van der Waals surface area contributed by atoms with Crippen LogP contribution < -0.4 is 10.2 Å². The van der Waals surface area contributed by atoms with Crippen molar-refractivity contribution in [1.82, 2.24) is 10.3 Å². The van der Waals surface area contributed by atoms with Gasteiger partial charge in [0.1, 0.15) is 0 Å². The van der Waals surface area contributed by atoms with Crippen LogP contribution in [-0.4, -0.2) is 31.5 Å². The van der Waals surface area contributed by atoms with Crippen molar-refractivity contribution in [3.05, 3.63) is 46.4 Å². The summed E-state index contributed by atoms with van der Waals surface area (Å²) in [6, 6.07) is 7.57. The van der Waals surface area contributed by atoms with Crippen LogP contribution in [0.5, 0.6) is 0 Å². The molecule has 4 nitrogen and oxygen atoms in total. The highest BCUT2D eigenvalue weighted by molar-refractivity contribution is 7.09. The van der Waals surface area contributed by atoms with Gasteiger partial charge in [-0.1, -0.05) is 0 Å². The van der Waals surface area contributed by atoms with Crippen LogP contribution in [0.2, 0.25) is 0 Å². The maximum absolute atomic E-state index is 11.9. The van der Waals surface area contributed by atoms with Crippen LogP contribution in [0, 0.1) is 0 Å². The number of carbonyl (C=O) groups is 1. The smallest absolute Gasteiger partial charge is 0.251 e. The molecule has 0 unspecified atom stereocenters. The van der Waals surface area contributed by atoms with E-state index in [0.29, 0.717) is 12.1 Å². The first-order valence-corrected chi connectivity index (χ1v) is 6.98. The second-order valence-corrected chi connectivity index (χ2v) is 5.39. The highest BCUT2D eigenvalue weighted by Gasteiger charge is 2.05. The molecule has 5 heteroatoms. The van der Waals surface area contributed by atoms with E-state index in [1.165, 1.54) is 4.88 Å². The summed E-state index contributed by atoms with van der Waals surface area (Å²) in [5.74, 6) is -0.0326. The molecular formula is C14H17N3OS. The van der Waals surface area contributed by atoms with Gasteiger partial charge in [-0.25, -0.2) is 0 Å². The molecule has 0 aliphatic rings. The van der Waals surface area contributed by atoms with Crippen molar-refractivity contribution in [2.45, 2.75) is 6.42 Å². The second kappa shape index (κ2) is 6.33. The average molecular weight is 275 g/mol. The average Bonchev–Trinajstić information content (AvgIpc) is 2.92. The lowest BCUT2D eigenvalue weighted by atomic mass is 10.2. The fourth-order valence-corrected chi connectivity index (χ4v) is 2.28. The Balaban J connectivity index is 1.85. The van der Waals surface area contributed by atoms with E-state index in [2.05, 4.69) is 10.3 Å². The van der Waals surface area contributed by atoms with Crippen molar-refractivity contribution in [2.24, 2.45) is 0 Å². The van der Waals surface area contributed by atoms with Crippen molar-refractivity contribution in [3.8, 4) is 0 Å². The Morgan fingerprint density at radius 2 is 2.05 bits per heavy atom. The molecule has 0 saturated carbocycles. The molecule has 1 amide bonds. The number of aromatic nitrogens is 1. The maximum Gasteiger partial charge on any atom is 0.251 e. The quantitative estimate of drug-likeness (QED) is 0.909. The van der Waals surface area contributed by atoms with Crippen LogP contribution in [0.3, 0.4) is 0 Å². The number of hydrogen-bond acceptors (Lipinski definition) is 4. The van der Waals surface area contributed by atoms with Gasteiger partial charge in [-0.2, -0.15) is 0 Å². The van der Waals surface area contributed by atoms with Gasteiger partial charge in [-0.3, -0.25) is 9.78 Å². The van der Waals surface area contributed by atoms with Crippen molar-refractivity contribution in [2.75, 3.05) is 25.5 Å². The summed E-state index contributed by atoms with van der Waals surface area (Å²) in [5.41, 5.74) is 3.58. The minimum atomic E-state index is -0.0326. The topological polar surface area (TPSA) is 45.2 Å². The van der Waals surface area contributed by atoms with E-state index in [1.54, 1.807) is 16.8 Å². The van der Waals surface area contributed by atoms with Crippen LogP contribution in [-0.2, 0) is 6.42 Å². The first-order valence-electron chi connectivity index (χ1n) is 6.10. The number of benzene rings is 1. The molecule has 1 aromatic heterocycles. The van der Waals surface area contributed by atoms with Gasteiger partial charge < -0.3 is 10.2 Å². The lowest BCUT2D eigenvalue weighted by Gasteiger charge is -2.12. The van der Waals surface area contributed by atoms with Gasteiger partial charge in [0.15, 0.2) is 0 Å². The van der Waals surface area contributed by atoms with Gasteiger partial charge in [0.2, 0.25) is 0 Å². The number of amides is 1. The van der Waals surface area contributed by atoms with E-state index >= 15 is 0 Å². The number of carbonyl (C=O) groups excluding carboxylic acids is 1. The van der Waals surface area contributed by atoms with Crippen molar-refractivity contribution < 1.29 is 4.79 Å². The molecule has 2 rings (SSSR count). The molecule has 2 aromatic rings. The van der Waals surface area contributed by atoms with E-state index in [9.17, 15) is 4.79 Å². The molecule has 1 heterocycles. The Morgan fingerprint density at radius 1 is 1.32 bits per heavy atom. The zero-order valence-electron chi connectivity index (χ0n) is 11.1. The van der Waals surface area contributed by atoms with E-state index in [4.69, 9.17) is 0 Å². The Hall–Kier alpha value is -1.88. The standard InChI is InChI=1S/C14H17N3OS/c1-17(2)12-5-3-11(4-6-12)14(18)16-8-7-13-9-15-10-19-13/h3-6,9-10H,7-8H2,1-2H3,(H,16,18). The summed E-state index contributed by atoms with van der Waals surface area (Å²) in [5, 5.41) is 2.91. The van der Waals surface area contributed by atoms with Crippen molar-refractivity contribution >= 4 is 22.9 Å². The number of thiazole rings is 1. The van der Waals surface area contributed by atoms with Crippen LogP contribution in [0.15, 0.2) is 36.0 Å². The third-order valence-electron chi connectivity index (χ3n) is 2.79. The van der Waals surface area contributed by atoms with Gasteiger partial charge in [0.05, 0.1) is 5.51 Å². The first kappa shape index (κ1) is 13.5. The number of anilines is 1. The molecule has 0 aliphatic heterocycles. The molecular weight excluding hydrogens is 258 g/mol. The summed E-state index contributed by atoms with van der Waals surface area (Å²) in [7, 11) is 3.95. The fourth-order valence-electron chi connectivity index (χ4n) is 1.68. The predicted molar refractivity (Wildman–Crippen MR) is 78.9 cm³/mol. The highest BCUT2D eigenvalue weighted by Crippen LogP contribution is 2.12. The summed E-state index contributed by atoms with van der Waals surface area (Å²) in [4.78, 5) is 19.1. The zero-order valence-corrected chi connectivity index (χ0v) is 11.9. The van der Waals surface area contributed by atoms with Crippen molar-refractivity contribution in [1.29, 1.82) is 0 Å². The molecule has 0 atom stereocenters. The van der Waals surface area contributed by atoms with Crippen LogP contribution in [0.1, 0.15) is 15.2 Å². The van der Waals surface area contributed by atoms with Gasteiger partial charge in [-0.05, 0) is 24.3 Å². The van der Waals surface area contributed by atoms with E-state index in [0.717, 1.165) is 12.1 Å². The Kier molecular flexibility index (Phi) is 4.52. The van der Waals surface area contributed by atoms with Crippen LogP contribution >= 0.6 is 11.3 Å². The Labute approximate surface area is 117 Å². The minimum absolute atomic E-state index is 0.0326. The molecule has 0 radical (unpaired) electrons. The zero-order chi connectivity index (χ0) is 13.7. The number of rotatable bonds is 5. The number of nitrogens with one attached hydrogen (secondary N) is 1. The van der Waals surface area contributed by atoms with Gasteiger partial charge >= 0.3 is 0 Å². The van der Waals surface area contributed by atoms with E-state index < -0.39 is 0 Å². The van der Waals surface area contributed by atoms with E-state index in [1.807, 2.05) is 49.5 Å². The number of nitrogens with zero attached hydrogens (tertiary/aromatic N) is 2. The Bertz CT molecular complexity index is 520. The summed E-state index contributed by atoms with van der Waals surface area (Å²) < 4.78 is 0. The Morgan fingerprint density at radius 3 is 2.63 bits per heavy atom. The van der Waals surface area contributed by atoms with Gasteiger partial charge in [0.25, 0.3) is 5.91 Å². The van der Waals surface area contributed by atoms with Crippen molar-refractivity contribution in [3.63, 3.8) is 0 Å². The van der Waals surface area contributed by atoms with Gasteiger partial charge in [0, 0.05) is 49.4 Å². The molecule has 0 bridgehead atoms. The minimum Gasteiger partial charge on any atom is -0.378 e. The molecule has 100 valence electrons. The molecule has 0 fully saturated rings. The molecule has 0 aliphatic carbocycles. The third-order valence-corrected chi connectivity index (χ3v) is 3.63. The van der Waals surface area contributed by atoms with Crippen LogP contribution in [0.4, 0.5) is 5.69 Å². The predicted octanol–water partition coefficient (Wildman–Crippen LogP) is 2.18. The number of hydrogen-bond donors (Lipinski definition) is 1. The van der Waals surface area contributed by atoms with Crippen LogP contribution in [0.25, 0.3) is 0 Å². The molecule has 0 saturated heterocycles. The summed E-state index contributed by atoms with van der Waals surface area (Å²) >= 11 is 1.61. The highest BCUT2D eigenvalue weighted by atomic mass is 32.1. The largest absolute Gasteiger partial charge is 0.378 e. The molecule has 0 spiro atoms. The fraction of sp³-hybridized carbons (Fsp3) is 0.286. The lowest BCUT2D eigenvalue weighted by molar-refractivity contribution is 0.0954. The normalized spacial score (nSPS) is 10.2.